The summed E-state index contributed by atoms with van der Waals surface area (Å²) in [6, 6.07) is 7.63. The van der Waals surface area contributed by atoms with Crippen LogP contribution in [-0.2, 0) is 6.54 Å². The maximum Gasteiger partial charge on any atom is 0.200 e. The molecule has 2 N–H and O–H groups in total. The summed E-state index contributed by atoms with van der Waals surface area (Å²) >= 11 is 0. The Labute approximate surface area is 123 Å². The predicted molar refractivity (Wildman–Crippen MR) is 79.8 cm³/mol. The lowest BCUT2D eigenvalue weighted by Crippen LogP contribution is -2.03. The molecule has 1 aromatic heterocycles. The highest BCUT2D eigenvalue weighted by molar-refractivity contribution is 5.60. The van der Waals surface area contributed by atoms with Gasteiger partial charge >= 0.3 is 0 Å². The molecule has 6 heteroatoms. The first kappa shape index (κ1) is 14.5. The number of allylic oxidation sites excluding steroid dienone is 1. The molecule has 0 aliphatic carbocycles. The van der Waals surface area contributed by atoms with Gasteiger partial charge in [-0.2, -0.15) is 5.26 Å². The fourth-order valence-electron chi connectivity index (χ4n) is 1.91. The third-order valence-corrected chi connectivity index (χ3v) is 2.98. The molecule has 0 unspecified atom stereocenters. The molecule has 1 aromatic carbocycles. The molecule has 6 nitrogen and oxygen atoms in total. The van der Waals surface area contributed by atoms with Crippen LogP contribution >= 0.6 is 0 Å². The smallest absolute Gasteiger partial charge is 0.200 e. The van der Waals surface area contributed by atoms with Gasteiger partial charge in [-0.15, -0.1) is 0 Å². The average Bonchev–Trinajstić information content (AvgIpc) is 2.91. The number of anilines is 1. The summed E-state index contributed by atoms with van der Waals surface area (Å²) in [6.07, 6.45) is 5.11. The quantitative estimate of drug-likeness (QED) is 0.850. The van der Waals surface area contributed by atoms with Crippen molar-refractivity contribution in [1.82, 2.24) is 9.55 Å². The number of nitriles is 1. The number of nitrogens with zero attached hydrogens (tertiary/aromatic N) is 3. The monoisotopic (exact) mass is 284 g/mol. The first-order chi connectivity index (χ1) is 10.2. The molecule has 0 amide bonds. The molecular formula is C15H16N4O2. The molecule has 1 heterocycles. The molecule has 108 valence electrons. The molecule has 0 atom stereocenters. The Bertz CT molecular complexity index is 698. The van der Waals surface area contributed by atoms with Crippen molar-refractivity contribution < 1.29 is 9.47 Å². The number of methoxy groups -OCH3 is 2. The molecule has 0 aliphatic rings. The van der Waals surface area contributed by atoms with E-state index in [1.807, 2.05) is 12.1 Å². The standard InChI is InChI=1S/C15H16N4O2/c1-20-13-4-3-11(8-14(13)21-2)7-12(9-16)10-19-6-5-18-15(19)17/h3-8H,10H2,1-2H3,(H2,17,18)/b12-7+. The molecule has 0 aliphatic heterocycles. The SMILES string of the molecule is COc1ccc(/C=C(\C#N)Cn2ccnc2N)cc1OC. The van der Waals surface area contributed by atoms with Gasteiger partial charge in [-0.3, -0.25) is 0 Å². The van der Waals surface area contributed by atoms with Gasteiger partial charge < -0.3 is 19.8 Å². The summed E-state index contributed by atoms with van der Waals surface area (Å²) in [5.41, 5.74) is 7.11. The summed E-state index contributed by atoms with van der Waals surface area (Å²) < 4.78 is 12.1. The van der Waals surface area contributed by atoms with Crippen LogP contribution in [-0.4, -0.2) is 23.8 Å². The Morgan fingerprint density at radius 2 is 2.14 bits per heavy atom. The van der Waals surface area contributed by atoms with Crippen molar-refractivity contribution in [2.24, 2.45) is 0 Å². The zero-order valence-electron chi connectivity index (χ0n) is 11.9. The number of aromatic nitrogens is 2. The largest absolute Gasteiger partial charge is 0.493 e. The third-order valence-electron chi connectivity index (χ3n) is 2.98. The van der Waals surface area contributed by atoms with Crippen molar-refractivity contribution in [1.29, 1.82) is 5.26 Å². The summed E-state index contributed by atoms with van der Waals surface area (Å²) in [6.45, 7) is 0.372. The Kier molecular flexibility index (Phi) is 4.46. The minimum atomic E-state index is 0.372. The van der Waals surface area contributed by atoms with Crippen molar-refractivity contribution >= 4 is 12.0 Å². The first-order valence-corrected chi connectivity index (χ1v) is 6.27. The number of nitrogens with two attached hydrogens (primary N) is 1. The molecule has 2 aromatic rings. The number of nitrogen functional groups attached to an aromatic ring is 1. The first-order valence-electron chi connectivity index (χ1n) is 6.27. The van der Waals surface area contributed by atoms with E-state index in [0.717, 1.165) is 5.56 Å². The zero-order chi connectivity index (χ0) is 15.2. The van der Waals surface area contributed by atoms with E-state index in [1.54, 1.807) is 43.3 Å². The molecule has 0 spiro atoms. The minimum absolute atomic E-state index is 0.372. The van der Waals surface area contributed by atoms with Crippen molar-refractivity contribution in [2.45, 2.75) is 6.54 Å². The number of hydrogen-bond acceptors (Lipinski definition) is 5. The maximum absolute atomic E-state index is 9.26. The Balaban J connectivity index is 2.28. The van der Waals surface area contributed by atoms with Crippen LogP contribution in [0.1, 0.15) is 5.56 Å². The normalized spacial score (nSPS) is 11.0. The summed E-state index contributed by atoms with van der Waals surface area (Å²) in [5.74, 6) is 1.64. The van der Waals surface area contributed by atoms with Crippen molar-refractivity contribution in [3.8, 4) is 17.6 Å². The third kappa shape index (κ3) is 3.34. The van der Waals surface area contributed by atoms with Crippen molar-refractivity contribution in [3.05, 3.63) is 41.7 Å². The van der Waals surface area contributed by atoms with Gasteiger partial charge in [-0.25, -0.2) is 4.98 Å². The van der Waals surface area contributed by atoms with Crippen LogP contribution in [0.5, 0.6) is 11.5 Å². The highest BCUT2D eigenvalue weighted by atomic mass is 16.5. The molecule has 21 heavy (non-hydrogen) atoms. The number of benzene rings is 1. The summed E-state index contributed by atoms with van der Waals surface area (Å²) in [7, 11) is 3.15. The predicted octanol–water partition coefficient (Wildman–Crippen LogP) is 2.09. The summed E-state index contributed by atoms with van der Waals surface area (Å²) in [4.78, 5) is 3.93. The lowest BCUT2D eigenvalue weighted by Gasteiger charge is -2.08. The van der Waals surface area contributed by atoms with Gasteiger partial charge in [0.2, 0.25) is 0 Å². The number of hydrogen-bond donors (Lipinski definition) is 1. The second-order valence-electron chi connectivity index (χ2n) is 4.31. The van der Waals surface area contributed by atoms with E-state index in [-0.39, 0.29) is 0 Å². The van der Waals surface area contributed by atoms with Crippen LogP contribution in [0, 0.1) is 11.3 Å². The minimum Gasteiger partial charge on any atom is -0.493 e. The van der Waals surface area contributed by atoms with E-state index >= 15 is 0 Å². The van der Waals surface area contributed by atoms with Crippen LogP contribution in [0.2, 0.25) is 0 Å². The van der Waals surface area contributed by atoms with Gasteiger partial charge in [0.1, 0.15) is 0 Å². The van der Waals surface area contributed by atoms with Crippen molar-refractivity contribution in [2.75, 3.05) is 20.0 Å². The Morgan fingerprint density at radius 1 is 1.38 bits per heavy atom. The van der Waals surface area contributed by atoms with Crippen LogP contribution in [0.15, 0.2) is 36.2 Å². The van der Waals surface area contributed by atoms with Gasteiger partial charge in [0.05, 0.1) is 26.8 Å². The lowest BCUT2D eigenvalue weighted by molar-refractivity contribution is 0.355. The molecule has 0 bridgehead atoms. The van der Waals surface area contributed by atoms with E-state index in [9.17, 15) is 5.26 Å². The highest BCUT2D eigenvalue weighted by Crippen LogP contribution is 2.28. The van der Waals surface area contributed by atoms with E-state index in [0.29, 0.717) is 29.6 Å². The lowest BCUT2D eigenvalue weighted by atomic mass is 10.1. The van der Waals surface area contributed by atoms with Crippen LogP contribution in [0.3, 0.4) is 0 Å². The fourth-order valence-corrected chi connectivity index (χ4v) is 1.91. The second kappa shape index (κ2) is 6.48. The molecular weight excluding hydrogens is 268 g/mol. The number of rotatable bonds is 5. The van der Waals surface area contributed by atoms with Gasteiger partial charge in [0.25, 0.3) is 0 Å². The topological polar surface area (TPSA) is 86.1 Å². The van der Waals surface area contributed by atoms with Crippen LogP contribution in [0.25, 0.3) is 6.08 Å². The average molecular weight is 284 g/mol. The molecule has 0 saturated carbocycles. The number of ether oxygens (including phenoxy) is 2. The molecule has 2 rings (SSSR count). The molecule has 0 radical (unpaired) electrons. The zero-order valence-corrected chi connectivity index (χ0v) is 11.9. The maximum atomic E-state index is 9.26. The van der Waals surface area contributed by atoms with Crippen molar-refractivity contribution in [3.63, 3.8) is 0 Å². The van der Waals surface area contributed by atoms with E-state index in [4.69, 9.17) is 15.2 Å². The van der Waals surface area contributed by atoms with E-state index in [1.165, 1.54) is 0 Å². The van der Waals surface area contributed by atoms with E-state index in [2.05, 4.69) is 11.1 Å². The molecule has 0 fully saturated rings. The Hall–Kier alpha value is -2.94. The van der Waals surface area contributed by atoms with Gasteiger partial charge in [-0.1, -0.05) is 6.07 Å². The molecule has 0 saturated heterocycles. The summed E-state index contributed by atoms with van der Waals surface area (Å²) in [5, 5.41) is 9.26. The second-order valence-corrected chi connectivity index (χ2v) is 4.31. The highest BCUT2D eigenvalue weighted by Gasteiger charge is 2.06. The van der Waals surface area contributed by atoms with Gasteiger partial charge in [0.15, 0.2) is 17.4 Å². The number of imidazole rings is 1. The van der Waals surface area contributed by atoms with Gasteiger partial charge in [0, 0.05) is 18.0 Å². The fraction of sp³-hybridized carbons (Fsp3) is 0.200. The van der Waals surface area contributed by atoms with Gasteiger partial charge in [-0.05, 0) is 23.8 Å². The Morgan fingerprint density at radius 3 is 2.71 bits per heavy atom. The van der Waals surface area contributed by atoms with E-state index < -0.39 is 0 Å². The van der Waals surface area contributed by atoms with Crippen LogP contribution in [0.4, 0.5) is 5.95 Å². The van der Waals surface area contributed by atoms with Crippen LogP contribution < -0.4 is 15.2 Å².